The number of carbonyl (C=O) groups excluding carboxylic acids is 1. The van der Waals surface area contributed by atoms with Crippen molar-refractivity contribution in [2.24, 2.45) is 5.92 Å². The highest BCUT2D eigenvalue weighted by molar-refractivity contribution is 7.17. The molecule has 0 aromatic carbocycles. The zero-order valence-corrected chi connectivity index (χ0v) is 10.7. The molecule has 0 N–H and O–H groups in total. The van der Waals surface area contributed by atoms with Gasteiger partial charge in [-0.2, -0.15) is 0 Å². The molecule has 0 amide bonds. The number of ether oxygens (including phenoxy) is 1. The molecule has 2 bridgehead atoms. The van der Waals surface area contributed by atoms with Crippen LogP contribution in [-0.4, -0.2) is 31.0 Å². The molecule has 2 aliphatic rings. The van der Waals surface area contributed by atoms with E-state index >= 15 is 0 Å². The van der Waals surface area contributed by atoms with Crippen molar-refractivity contribution in [2.45, 2.75) is 31.9 Å². The van der Waals surface area contributed by atoms with E-state index in [2.05, 4.69) is 9.88 Å². The number of thiazole rings is 1. The minimum absolute atomic E-state index is 0.423. The number of rotatable bonds is 4. The first-order valence-electron chi connectivity index (χ1n) is 6.02. The Balaban J connectivity index is 1.85. The largest absolute Gasteiger partial charge is 0.378 e. The number of anilines is 1. The third kappa shape index (κ3) is 1.87. The van der Waals surface area contributed by atoms with Gasteiger partial charge in [-0.15, -0.1) is 0 Å². The van der Waals surface area contributed by atoms with Crippen LogP contribution in [0.5, 0.6) is 0 Å². The van der Waals surface area contributed by atoms with E-state index in [0.29, 0.717) is 17.5 Å². The molecule has 1 aromatic rings. The van der Waals surface area contributed by atoms with E-state index in [1.165, 1.54) is 30.6 Å². The van der Waals surface area contributed by atoms with Crippen molar-refractivity contribution in [1.29, 1.82) is 0 Å². The van der Waals surface area contributed by atoms with Gasteiger partial charge in [-0.05, 0) is 25.2 Å². The Bertz CT molecular complexity index is 432. The average molecular weight is 252 g/mol. The lowest BCUT2D eigenvalue weighted by atomic mass is 10.1. The Morgan fingerprint density at radius 2 is 2.47 bits per heavy atom. The highest BCUT2D eigenvalue weighted by Crippen LogP contribution is 2.41. The minimum atomic E-state index is 0.423. The molecule has 2 unspecified atom stereocenters. The van der Waals surface area contributed by atoms with Crippen LogP contribution in [-0.2, 0) is 11.3 Å². The summed E-state index contributed by atoms with van der Waals surface area (Å²) in [4.78, 5) is 18.6. The van der Waals surface area contributed by atoms with Crippen LogP contribution in [0.3, 0.4) is 0 Å². The third-order valence-corrected chi connectivity index (χ3v) is 4.82. The van der Waals surface area contributed by atoms with Gasteiger partial charge in [0.15, 0.2) is 11.4 Å². The van der Waals surface area contributed by atoms with Gasteiger partial charge in [-0.1, -0.05) is 11.3 Å². The highest BCUT2D eigenvalue weighted by Gasteiger charge is 2.39. The molecule has 1 aliphatic carbocycles. The molecule has 2 heterocycles. The molecule has 92 valence electrons. The van der Waals surface area contributed by atoms with E-state index in [1.807, 2.05) is 0 Å². The molecule has 2 fully saturated rings. The Morgan fingerprint density at radius 3 is 3.06 bits per heavy atom. The predicted molar refractivity (Wildman–Crippen MR) is 66.7 cm³/mol. The van der Waals surface area contributed by atoms with Crippen molar-refractivity contribution in [3.63, 3.8) is 0 Å². The molecule has 1 saturated carbocycles. The summed E-state index contributed by atoms with van der Waals surface area (Å²) in [7, 11) is 1.63. The average Bonchev–Trinajstić information content (AvgIpc) is 3.02. The lowest BCUT2D eigenvalue weighted by Gasteiger charge is -2.26. The van der Waals surface area contributed by atoms with E-state index in [4.69, 9.17) is 4.74 Å². The highest BCUT2D eigenvalue weighted by atomic mass is 32.1. The van der Waals surface area contributed by atoms with Gasteiger partial charge in [-0.25, -0.2) is 4.98 Å². The number of aldehydes is 1. The Morgan fingerprint density at radius 1 is 1.59 bits per heavy atom. The number of methoxy groups -OCH3 is 1. The summed E-state index contributed by atoms with van der Waals surface area (Å²) in [5, 5.41) is 1.01. The number of hydrogen-bond acceptors (Lipinski definition) is 5. The lowest BCUT2D eigenvalue weighted by molar-refractivity contribution is 0.112. The van der Waals surface area contributed by atoms with Gasteiger partial charge in [0.05, 0.1) is 17.2 Å². The SMILES string of the molecule is COCc1nc(N2CC3CCC2C3)sc1C=O. The van der Waals surface area contributed by atoms with Gasteiger partial charge in [-0.3, -0.25) is 4.79 Å². The van der Waals surface area contributed by atoms with Crippen LogP contribution in [0.2, 0.25) is 0 Å². The Kier molecular flexibility index (Phi) is 2.88. The fraction of sp³-hybridized carbons (Fsp3) is 0.667. The van der Waals surface area contributed by atoms with Crippen LogP contribution in [0.15, 0.2) is 0 Å². The van der Waals surface area contributed by atoms with E-state index < -0.39 is 0 Å². The van der Waals surface area contributed by atoms with E-state index in [9.17, 15) is 4.79 Å². The van der Waals surface area contributed by atoms with Crippen LogP contribution in [0.1, 0.15) is 34.6 Å². The molecule has 5 heteroatoms. The molecule has 1 aliphatic heterocycles. The molecule has 0 radical (unpaired) electrons. The number of aromatic nitrogens is 1. The Labute approximate surface area is 105 Å². The fourth-order valence-corrected chi connectivity index (χ4v) is 3.93. The second-order valence-electron chi connectivity index (χ2n) is 4.84. The summed E-state index contributed by atoms with van der Waals surface area (Å²) in [6, 6.07) is 0.654. The van der Waals surface area contributed by atoms with Gasteiger partial charge in [0.1, 0.15) is 0 Å². The van der Waals surface area contributed by atoms with Crippen LogP contribution in [0, 0.1) is 5.92 Å². The summed E-state index contributed by atoms with van der Waals surface area (Å²) in [5.74, 6) is 0.842. The maximum Gasteiger partial charge on any atom is 0.186 e. The molecule has 17 heavy (non-hydrogen) atoms. The zero-order chi connectivity index (χ0) is 11.8. The lowest BCUT2D eigenvalue weighted by Crippen LogP contribution is -2.31. The van der Waals surface area contributed by atoms with Crippen LogP contribution >= 0.6 is 11.3 Å². The maximum absolute atomic E-state index is 11.0. The van der Waals surface area contributed by atoms with Crippen molar-refractivity contribution in [3.8, 4) is 0 Å². The monoisotopic (exact) mass is 252 g/mol. The first-order chi connectivity index (χ1) is 8.31. The van der Waals surface area contributed by atoms with Crippen molar-refractivity contribution in [2.75, 3.05) is 18.6 Å². The summed E-state index contributed by atoms with van der Waals surface area (Å²) in [5.41, 5.74) is 0.783. The Hall–Kier alpha value is -0.940. The number of hydrogen-bond donors (Lipinski definition) is 0. The number of piperidine rings is 1. The van der Waals surface area contributed by atoms with Gasteiger partial charge in [0.2, 0.25) is 0 Å². The standard InChI is InChI=1S/C12H16N2O2S/c1-16-7-10-11(6-15)17-12(13-10)14-5-8-2-3-9(14)4-8/h6,8-9H,2-5,7H2,1H3. The summed E-state index contributed by atoms with van der Waals surface area (Å²) in [6.45, 7) is 1.54. The molecular formula is C12H16N2O2S. The fourth-order valence-electron chi connectivity index (χ4n) is 2.96. The van der Waals surface area contributed by atoms with Gasteiger partial charge < -0.3 is 9.64 Å². The molecular weight excluding hydrogens is 236 g/mol. The van der Waals surface area contributed by atoms with E-state index in [-0.39, 0.29) is 0 Å². The summed E-state index contributed by atoms with van der Waals surface area (Å²) >= 11 is 1.50. The second-order valence-corrected chi connectivity index (χ2v) is 5.85. The molecule has 4 nitrogen and oxygen atoms in total. The molecule has 1 aromatic heterocycles. The molecule has 3 rings (SSSR count). The minimum Gasteiger partial charge on any atom is -0.378 e. The van der Waals surface area contributed by atoms with Crippen LogP contribution in [0.25, 0.3) is 0 Å². The predicted octanol–water partition coefficient (Wildman–Crippen LogP) is 2.09. The molecule has 2 atom stereocenters. The number of nitrogens with zero attached hydrogens (tertiary/aromatic N) is 2. The van der Waals surface area contributed by atoms with E-state index in [0.717, 1.165) is 29.6 Å². The maximum atomic E-state index is 11.0. The van der Waals surface area contributed by atoms with Gasteiger partial charge >= 0.3 is 0 Å². The second kappa shape index (κ2) is 4.38. The van der Waals surface area contributed by atoms with Gasteiger partial charge in [0.25, 0.3) is 0 Å². The van der Waals surface area contributed by atoms with Gasteiger partial charge in [0, 0.05) is 19.7 Å². The smallest absolute Gasteiger partial charge is 0.186 e. The van der Waals surface area contributed by atoms with Crippen molar-refractivity contribution in [3.05, 3.63) is 10.6 Å². The van der Waals surface area contributed by atoms with Crippen molar-refractivity contribution < 1.29 is 9.53 Å². The van der Waals surface area contributed by atoms with E-state index in [1.54, 1.807) is 7.11 Å². The van der Waals surface area contributed by atoms with Crippen LogP contribution in [0.4, 0.5) is 5.13 Å². The quantitative estimate of drug-likeness (QED) is 0.770. The zero-order valence-electron chi connectivity index (χ0n) is 9.89. The third-order valence-electron chi connectivity index (χ3n) is 3.76. The topological polar surface area (TPSA) is 42.4 Å². The van der Waals surface area contributed by atoms with Crippen LogP contribution < -0.4 is 4.90 Å². The first-order valence-corrected chi connectivity index (χ1v) is 6.84. The molecule has 0 spiro atoms. The van der Waals surface area contributed by atoms with Crippen molar-refractivity contribution in [1.82, 2.24) is 4.98 Å². The summed E-state index contributed by atoms with van der Waals surface area (Å²) in [6.07, 6.45) is 4.83. The number of fused-ring (bicyclic) bond motifs is 2. The van der Waals surface area contributed by atoms with Crippen molar-refractivity contribution >= 4 is 22.8 Å². The normalized spacial score (nSPS) is 26.8. The number of carbonyl (C=O) groups is 1. The summed E-state index contributed by atoms with van der Waals surface area (Å²) < 4.78 is 5.08. The molecule has 1 saturated heterocycles. The first kappa shape index (κ1) is 11.2.